The first kappa shape index (κ1) is 15.2. The summed E-state index contributed by atoms with van der Waals surface area (Å²) in [6, 6.07) is 7.38. The molecule has 2 atom stereocenters. The van der Waals surface area contributed by atoms with E-state index in [0.29, 0.717) is 5.56 Å². The molecule has 1 aliphatic rings. The largest absolute Gasteiger partial charge is 0.409 e. The number of nitrogens with zero attached hydrogens (tertiary/aromatic N) is 2. The molecule has 0 heterocycles. The number of amides is 1. The molecule has 0 bridgehead atoms. The molecule has 1 aliphatic carbocycles. The number of amidine groups is 1. The summed E-state index contributed by atoms with van der Waals surface area (Å²) in [6.07, 6.45) is 2.64. The number of oxime groups is 1. The van der Waals surface area contributed by atoms with Crippen molar-refractivity contribution in [2.24, 2.45) is 16.8 Å². The van der Waals surface area contributed by atoms with Gasteiger partial charge in [0.25, 0.3) is 5.91 Å². The minimum absolute atomic E-state index is 0.0728. The van der Waals surface area contributed by atoms with Crippen LogP contribution in [-0.2, 0) is 0 Å². The summed E-state index contributed by atoms with van der Waals surface area (Å²) in [6.45, 7) is 0. The van der Waals surface area contributed by atoms with Gasteiger partial charge in [0, 0.05) is 37.3 Å². The molecule has 1 saturated carbocycles. The van der Waals surface area contributed by atoms with Crippen LogP contribution < -0.4 is 16.0 Å². The van der Waals surface area contributed by atoms with E-state index in [9.17, 15) is 4.79 Å². The highest BCUT2D eigenvalue weighted by Gasteiger charge is 2.31. The topological polar surface area (TPSA) is 91.0 Å². The van der Waals surface area contributed by atoms with E-state index in [4.69, 9.17) is 10.9 Å². The van der Waals surface area contributed by atoms with Crippen LogP contribution in [0.2, 0.25) is 0 Å². The zero-order chi connectivity index (χ0) is 15.4. The Kier molecular flexibility index (Phi) is 4.67. The SMILES string of the molecule is CN(C)c1cccc(C(=O)NC2CCCC2C(N)=NO)c1. The molecule has 21 heavy (non-hydrogen) atoms. The van der Waals surface area contributed by atoms with Crippen molar-refractivity contribution in [1.82, 2.24) is 5.32 Å². The van der Waals surface area contributed by atoms with Gasteiger partial charge < -0.3 is 21.2 Å². The van der Waals surface area contributed by atoms with Crippen LogP contribution in [0.25, 0.3) is 0 Å². The average molecular weight is 290 g/mol. The Labute approximate surface area is 124 Å². The molecule has 0 radical (unpaired) electrons. The summed E-state index contributed by atoms with van der Waals surface area (Å²) in [5, 5.41) is 14.9. The fourth-order valence-electron chi connectivity index (χ4n) is 2.74. The van der Waals surface area contributed by atoms with Crippen LogP contribution in [0.15, 0.2) is 29.4 Å². The first-order chi connectivity index (χ1) is 10.0. The van der Waals surface area contributed by atoms with Crippen LogP contribution in [0.3, 0.4) is 0 Å². The Balaban J connectivity index is 2.09. The number of nitrogens with one attached hydrogen (secondary N) is 1. The maximum Gasteiger partial charge on any atom is 0.251 e. The van der Waals surface area contributed by atoms with E-state index >= 15 is 0 Å². The second-order valence-corrected chi connectivity index (χ2v) is 5.59. The van der Waals surface area contributed by atoms with Crippen molar-refractivity contribution in [2.45, 2.75) is 25.3 Å². The normalized spacial score (nSPS) is 22.1. The summed E-state index contributed by atoms with van der Waals surface area (Å²) >= 11 is 0. The Morgan fingerprint density at radius 3 is 2.86 bits per heavy atom. The fraction of sp³-hybridized carbons (Fsp3) is 0.467. The summed E-state index contributed by atoms with van der Waals surface area (Å²) in [4.78, 5) is 14.3. The number of carbonyl (C=O) groups excluding carboxylic acids is 1. The maximum absolute atomic E-state index is 12.4. The summed E-state index contributed by atoms with van der Waals surface area (Å²) in [5.41, 5.74) is 7.28. The molecule has 1 amide bonds. The maximum atomic E-state index is 12.4. The molecule has 0 spiro atoms. The van der Waals surface area contributed by atoms with Gasteiger partial charge in [0.2, 0.25) is 0 Å². The summed E-state index contributed by atoms with van der Waals surface area (Å²) in [7, 11) is 3.87. The third-order valence-electron chi connectivity index (χ3n) is 3.95. The van der Waals surface area contributed by atoms with Gasteiger partial charge in [0.15, 0.2) is 0 Å². The molecule has 6 heteroatoms. The molecule has 0 aromatic heterocycles. The van der Waals surface area contributed by atoms with E-state index in [0.717, 1.165) is 24.9 Å². The molecule has 2 unspecified atom stereocenters. The average Bonchev–Trinajstić information content (AvgIpc) is 2.94. The second kappa shape index (κ2) is 6.47. The van der Waals surface area contributed by atoms with Crippen LogP contribution in [0.4, 0.5) is 5.69 Å². The molecule has 1 aromatic rings. The monoisotopic (exact) mass is 290 g/mol. The molecule has 1 fully saturated rings. The van der Waals surface area contributed by atoms with E-state index in [1.807, 2.05) is 37.2 Å². The van der Waals surface area contributed by atoms with Crippen molar-refractivity contribution < 1.29 is 10.0 Å². The van der Waals surface area contributed by atoms with Gasteiger partial charge in [-0.05, 0) is 31.0 Å². The zero-order valence-electron chi connectivity index (χ0n) is 12.4. The smallest absolute Gasteiger partial charge is 0.251 e. The van der Waals surface area contributed by atoms with Crippen LogP contribution in [-0.4, -0.2) is 37.1 Å². The fourth-order valence-corrected chi connectivity index (χ4v) is 2.74. The molecule has 1 aromatic carbocycles. The number of hydrogen-bond donors (Lipinski definition) is 3. The number of hydrogen-bond acceptors (Lipinski definition) is 4. The Hall–Kier alpha value is -2.24. The number of rotatable bonds is 4. The predicted octanol–water partition coefficient (Wildman–Crippen LogP) is 1.40. The van der Waals surface area contributed by atoms with Crippen molar-refractivity contribution in [3.63, 3.8) is 0 Å². The van der Waals surface area contributed by atoms with Crippen molar-refractivity contribution in [2.75, 3.05) is 19.0 Å². The Bertz CT molecular complexity index is 542. The highest BCUT2D eigenvalue weighted by molar-refractivity contribution is 5.96. The number of benzene rings is 1. The second-order valence-electron chi connectivity index (χ2n) is 5.59. The van der Waals surface area contributed by atoms with Crippen LogP contribution in [0.1, 0.15) is 29.6 Å². The number of anilines is 1. The third kappa shape index (κ3) is 3.45. The minimum Gasteiger partial charge on any atom is -0.409 e. The van der Waals surface area contributed by atoms with Gasteiger partial charge >= 0.3 is 0 Å². The first-order valence-corrected chi connectivity index (χ1v) is 7.08. The lowest BCUT2D eigenvalue weighted by Gasteiger charge is -2.20. The van der Waals surface area contributed by atoms with Crippen LogP contribution >= 0.6 is 0 Å². The molecular formula is C15H22N4O2. The van der Waals surface area contributed by atoms with Gasteiger partial charge in [0.1, 0.15) is 5.84 Å². The van der Waals surface area contributed by atoms with E-state index < -0.39 is 0 Å². The zero-order valence-corrected chi connectivity index (χ0v) is 12.4. The molecule has 114 valence electrons. The molecule has 2 rings (SSSR count). The van der Waals surface area contributed by atoms with Crippen LogP contribution in [0.5, 0.6) is 0 Å². The Morgan fingerprint density at radius 1 is 1.43 bits per heavy atom. The van der Waals surface area contributed by atoms with E-state index in [1.54, 1.807) is 6.07 Å². The lowest BCUT2D eigenvalue weighted by Crippen LogP contribution is -2.42. The summed E-state index contributed by atoms with van der Waals surface area (Å²) < 4.78 is 0. The third-order valence-corrected chi connectivity index (χ3v) is 3.95. The highest BCUT2D eigenvalue weighted by atomic mass is 16.4. The lowest BCUT2D eigenvalue weighted by atomic mass is 10.0. The molecular weight excluding hydrogens is 268 g/mol. The first-order valence-electron chi connectivity index (χ1n) is 7.08. The van der Waals surface area contributed by atoms with Gasteiger partial charge in [-0.25, -0.2) is 0 Å². The quantitative estimate of drug-likeness (QED) is 0.338. The van der Waals surface area contributed by atoms with Gasteiger partial charge in [-0.15, -0.1) is 0 Å². The van der Waals surface area contributed by atoms with Crippen molar-refractivity contribution >= 4 is 17.4 Å². The lowest BCUT2D eigenvalue weighted by molar-refractivity contribution is 0.0933. The van der Waals surface area contributed by atoms with Gasteiger partial charge in [-0.3, -0.25) is 4.79 Å². The van der Waals surface area contributed by atoms with E-state index in [1.165, 1.54) is 0 Å². The molecule has 0 saturated heterocycles. The van der Waals surface area contributed by atoms with Gasteiger partial charge in [0.05, 0.1) is 0 Å². The predicted molar refractivity (Wildman–Crippen MR) is 82.8 cm³/mol. The van der Waals surface area contributed by atoms with Crippen LogP contribution in [0, 0.1) is 5.92 Å². The molecule has 0 aliphatic heterocycles. The van der Waals surface area contributed by atoms with Crippen molar-refractivity contribution in [3.8, 4) is 0 Å². The standard InChI is InChI=1S/C15H22N4O2/c1-19(2)11-6-3-5-10(9-11)15(20)17-13-8-4-7-12(13)14(16)18-21/h3,5-6,9,12-13,21H,4,7-8H2,1-2H3,(H2,16,18)(H,17,20). The Morgan fingerprint density at radius 2 is 2.19 bits per heavy atom. The summed E-state index contributed by atoms with van der Waals surface area (Å²) in [5.74, 6) is -0.0165. The van der Waals surface area contributed by atoms with E-state index in [-0.39, 0.29) is 23.7 Å². The molecule has 6 nitrogen and oxygen atoms in total. The van der Waals surface area contributed by atoms with E-state index in [2.05, 4.69) is 10.5 Å². The van der Waals surface area contributed by atoms with Crippen molar-refractivity contribution in [3.05, 3.63) is 29.8 Å². The van der Waals surface area contributed by atoms with Gasteiger partial charge in [-0.2, -0.15) is 0 Å². The number of nitrogens with two attached hydrogens (primary N) is 1. The minimum atomic E-state index is -0.124. The highest BCUT2D eigenvalue weighted by Crippen LogP contribution is 2.26. The number of carbonyl (C=O) groups is 1. The molecule has 4 N–H and O–H groups in total. The van der Waals surface area contributed by atoms with Gasteiger partial charge in [-0.1, -0.05) is 17.6 Å². The van der Waals surface area contributed by atoms with Crippen molar-refractivity contribution in [1.29, 1.82) is 0 Å².